The summed E-state index contributed by atoms with van der Waals surface area (Å²) in [5.41, 5.74) is 1.41. The van der Waals surface area contributed by atoms with E-state index in [1.807, 2.05) is 6.92 Å². The van der Waals surface area contributed by atoms with Crippen LogP contribution in [0.3, 0.4) is 0 Å². The zero-order valence-electron chi connectivity index (χ0n) is 8.98. The van der Waals surface area contributed by atoms with Crippen LogP contribution in [0.15, 0.2) is 4.79 Å². The first-order valence-electron chi connectivity index (χ1n) is 4.96. The first-order valence-corrected chi connectivity index (χ1v) is 4.96. The van der Waals surface area contributed by atoms with Gasteiger partial charge in [-0.1, -0.05) is 13.3 Å². The average Bonchev–Trinajstić information content (AvgIpc) is 2.14. The van der Waals surface area contributed by atoms with Crippen molar-refractivity contribution in [2.45, 2.75) is 33.6 Å². The maximum Gasteiger partial charge on any atom is 0.255 e. The number of anilines is 1. The van der Waals surface area contributed by atoms with E-state index in [1.54, 1.807) is 6.92 Å². The molecule has 1 heterocycles. The van der Waals surface area contributed by atoms with Gasteiger partial charge in [0.15, 0.2) is 0 Å². The third kappa shape index (κ3) is 2.58. The maximum absolute atomic E-state index is 11.4. The molecule has 0 atom stereocenters. The molecule has 0 aliphatic carbocycles. The fraction of sp³-hybridized carbons (Fsp3) is 0.600. The molecule has 0 aliphatic rings. The molecule has 0 saturated carbocycles. The molecule has 0 unspecified atom stereocenters. The molecule has 0 fully saturated rings. The Hall–Kier alpha value is -1.32. The van der Waals surface area contributed by atoms with Crippen molar-refractivity contribution < 1.29 is 0 Å². The highest BCUT2D eigenvalue weighted by molar-refractivity contribution is 5.28. The quantitative estimate of drug-likeness (QED) is 0.717. The van der Waals surface area contributed by atoms with E-state index in [0.29, 0.717) is 11.5 Å². The lowest BCUT2D eigenvalue weighted by molar-refractivity contribution is 0.823. The van der Waals surface area contributed by atoms with Crippen LogP contribution in [0.5, 0.6) is 0 Å². The van der Waals surface area contributed by atoms with Gasteiger partial charge in [0.05, 0.1) is 0 Å². The molecule has 2 N–H and O–H groups in total. The van der Waals surface area contributed by atoms with Gasteiger partial charge in [0, 0.05) is 17.8 Å². The fourth-order valence-corrected chi connectivity index (χ4v) is 1.11. The molecule has 1 aromatic heterocycles. The topological polar surface area (TPSA) is 57.8 Å². The van der Waals surface area contributed by atoms with Crippen molar-refractivity contribution in [2.75, 3.05) is 11.9 Å². The Balaban J connectivity index is 2.75. The van der Waals surface area contributed by atoms with Crippen LogP contribution in [0.2, 0.25) is 0 Å². The molecule has 0 saturated heterocycles. The normalized spacial score (nSPS) is 10.2. The minimum Gasteiger partial charge on any atom is -0.356 e. The summed E-state index contributed by atoms with van der Waals surface area (Å²) >= 11 is 0. The largest absolute Gasteiger partial charge is 0.356 e. The van der Waals surface area contributed by atoms with Gasteiger partial charge in [-0.2, -0.15) is 0 Å². The number of H-pyrrole nitrogens is 1. The van der Waals surface area contributed by atoms with Crippen LogP contribution in [-0.4, -0.2) is 16.5 Å². The first-order chi connectivity index (χ1) is 6.65. The molecule has 1 rings (SSSR count). The highest BCUT2D eigenvalue weighted by Gasteiger charge is 2.01. The second kappa shape index (κ2) is 4.79. The van der Waals surface area contributed by atoms with Gasteiger partial charge in [-0.3, -0.25) is 9.78 Å². The van der Waals surface area contributed by atoms with Crippen molar-refractivity contribution in [3.05, 3.63) is 21.6 Å². The van der Waals surface area contributed by atoms with E-state index in [1.165, 1.54) is 0 Å². The van der Waals surface area contributed by atoms with Crippen molar-refractivity contribution >= 4 is 5.95 Å². The molecule has 0 aromatic carbocycles. The summed E-state index contributed by atoms with van der Waals surface area (Å²) in [6.45, 7) is 6.59. The number of hydrogen-bond acceptors (Lipinski definition) is 3. The Labute approximate surface area is 83.8 Å². The van der Waals surface area contributed by atoms with Crippen LogP contribution in [0.1, 0.15) is 31.0 Å². The van der Waals surface area contributed by atoms with Gasteiger partial charge in [0.1, 0.15) is 0 Å². The lowest BCUT2D eigenvalue weighted by Gasteiger charge is -2.05. The SMILES string of the molecule is CCCCNc1nc(C)c(C)c(=O)[nH]1. The van der Waals surface area contributed by atoms with Crippen molar-refractivity contribution in [1.29, 1.82) is 0 Å². The number of aromatic amines is 1. The Bertz CT molecular complexity index is 357. The van der Waals surface area contributed by atoms with E-state index in [0.717, 1.165) is 25.1 Å². The summed E-state index contributed by atoms with van der Waals surface area (Å²) in [6.07, 6.45) is 2.21. The van der Waals surface area contributed by atoms with E-state index in [2.05, 4.69) is 22.2 Å². The van der Waals surface area contributed by atoms with E-state index in [9.17, 15) is 4.79 Å². The summed E-state index contributed by atoms with van der Waals surface area (Å²) in [4.78, 5) is 18.3. The number of rotatable bonds is 4. The molecular formula is C10H17N3O. The van der Waals surface area contributed by atoms with E-state index < -0.39 is 0 Å². The molecule has 4 nitrogen and oxygen atoms in total. The summed E-state index contributed by atoms with van der Waals surface area (Å²) < 4.78 is 0. The molecule has 0 amide bonds. The van der Waals surface area contributed by atoms with Gasteiger partial charge in [-0.15, -0.1) is 0 Å². The van der Waals surface area contributed by atoms with Gasteiger partial charge < -0.3 is 5.32 Å². The van der Waals surface area contributed by atoms with Gasteiger partial charge >= 0.3 is 0 Å². The number of hydrogen-bond donors (Lipinski definition) is 2. The van der Waals surface area contributed by atoms with Crippen LogP contribution in [-0.2, 0) is 0 Å². The van der Waals surface area contributed by atoms with Crippen molar-refractivity contribution in [2.24, 2.45) is 0 Å². The van der Waals surface area contributed by atoms with Crippen molar-refractivity contribution in [3.63, 3.8) is 0 Å². The Morgan fingerprint density at radius 1 is 1.43 bits per heavy atom. The van der Waals surface area contributed by atoms with E-state index in [4.69, 9.17) is 0 Å². The van der Waals surface area contributed by atoms with Gasteiger partial charge in [0.2, 0.25) is 5.95 Å². The lowest BCUT2D eigenvalue weighted by Crippen LogP contribution is -2.17. The number of unbranched alkanes of at least 4 members (excludes halogenated alkanes) is 1. The van der Waals surface area contributed by atoms with Gasteiger partial charge in [0.25, 0.3) is 5.56 Å². The van der Waals surface area contributed by atoms with Crippen LogP contribution in [0.4, 0.5) is 5.95 Å². The maximum atomic E-state index is 11.4. The zero-order chi connectivity index (χ0) is 10.6. The molecule has 4 heteroatoms. The Morgan fingerprint density at radius 2 is 2.14 bits per heavy atom. The minimum atomic E-state index is -0.0588. The minimum absolute atomic E-state index is 0.0588. The van der Waals surface area contributed by atoms with Crippen LogP contribution in [0.25, 0.3) is 0 Å². The second-order valence-corrected chi connectivity index (χ2v) is 3.41. The van der Waals surface area contributed by atoms with Gasteiger partial charge in [-0.05, 0) is 20.3 Å². The second-order valence-electron chi connectivity index (χ2n) is 3.41. The number of aryl methyl sites for hydroxylation is 1. The predicted octanol–water partition coefficient (Wildman–Crippen LogP) is 1.60. The highest BCUT2D eigenvalue weighted by Crippen LogP contribution is 2.00. The van der Waals surface area contributed by atoms with E-state index in [-0.39, 0.29) is 5.56 Å². The van der Waals surface area contributed by atoms with Crippen LogP contribution >= 0.6 is 0 Å². The third-order valence-corrected chi connectivity index (χ3v) is 2.22. The third-order valence-electron chi connectivity index (χ3n) is 2.22. The van der Waals surface area contributed by atoms with Crippen LogP contribution in [0, 0.1) is 13.8 Å². The summed E-state index contributed by atoms with van der Waals surface area (Å²) in [5, 5.41) is 3.09. The monoisotopic (exact) mass is 195 g/mol. The van der Waals surface area contributed by atoms with Crippen LogP contribution < -0.4 is 10.9 Å². The molecule has 14 heavy (non-hydrogen) atoms. The van der Waals surface area contributed by atoms with E-state index >= 15 is 0 Å². The summed E-state index contributed by atoms with van der Waals surface area (Å²) in [7, 11) is 0. The van der Waals surface area contributed by atoms with Crippen molar-refractivity contribution in [3.8, 4) is 0 Å². The number of nitrogens with one attached hydrogen (secondary N) is 2. The molecular weight excluding hydrogens is 178 g/mol. The predicted molar refractivity (Wildman–Crippen MR) is 57.7 cm³/mol. The molecule has 78 valence electrons. The van der Waals surface area contributed by atoms with Crippen molar-refractivity contribution in [1.82, 2.24) is 9.97 Å². The Kier molecular flexibility index (Phi) is 3.68. The summed E-state index contributed by atoms with van der Waals surface area (Å²) in [6, 6.07) is 0. The zero-order valence-corrected chi connectivity index (χ0v) is 8.98. The smallest absolute Gasteiger partial charge is 0.255 e. The average molecular weight is 195 g/mol. The molecule has 0 radical (unpaired) electrons. The molecule has 1 aromatic rings. The molecule has 0 aliphatic heterocycles. The first kappa shape index (κ1) is 10.8. The standard InChI is InChI=1S/C10H17N3O/c1-4-5-6-11-10-12-8(3)7(2)9(14)13-10/h4-6H2,1-3H3,(H2,11,12,13,14). The van der Waals surface area contributed by atoms with Gasteiger partial charge in [-0.25, -0.2) is 4.98 Å². The Morgan fingerprint density at radius 3 is 2.71 bits per heavy atom. The highest BCUT2D eigenvalue weighted by atomic mass is 16.1. The number of nitrogens with zero attached hydrogens (tertiary/aromatic N) is 1. The lowest BCUT2D eigenvalue weighted by atomic mass is 10.3. The molecule has 0 spiro atoms. The summed E-state index contributed by atoms with van der Waals surface area (Å²) in [5.74, 6) is 0.576. The fourth-order valence-electron chi connectivity index (χ4n) is 1.11. The number of aromatic nitrogens is 2. The molecule has 0 bridgehead atoms.